The molecule has 0 aliphatic carbocycles. The van der Waals surface area contributed by atoms with E-state index in [1.54, 1.807) is 0 Å². The molecule has 0 radical (unpaired) electrons. The number of aryl methyl sites for hydroxylation is 1. The molecule has 2 aromatic carbocycles. The average molecular weight is 383 g/mol. The second kappa shape index (κ2) is 8.00. The fourth-order valence-electron chi connectivity index (χ4n) is 3.49. The van der Waals surface area contributed by atoms with Gasteiger partial charge < -0.3 is 24.3 Å². The lowest BCUT2D eigenvalue weighted by Gasteiger charge is -2.25. The average Bonchev–Trinajstić information content (AvgIpc) is 3.18. The number of amides is 1. The Morgan fingerprint density at radius 3 is 2.43 bits per heavy atom. The summed E-state index contributed by atoms with van der Waals surface area (Å²) in [6.07, 6.45) is 1.06. The van der Waals surface area contributed by atoms with E-state index in [1.807, 2.05) is 36.4 Å². The molecule has 0 spiro atoms. The van der Waals surface area contributed by atoms with Gasteiger partial charge in [0, 0.05) is 6.42 Å². The highest BCUT2D eigenvalue weighted by atomic mass is 16.7. The Balaban J connectivity index is 1.39. The smallest absolute Gasteiger partial charge is 0.231 e. The molecule has 2 heterocycles. The van der Waals surface area contributed by atoms with Gasteiger partial charge in [0.15, 0.2) is 23.0 Å². The zero-order valence-electron chi connectivity index (χ0n) is 16.2. The molecule has 0 unspecified atom stereocenters. The maximum Gasteiger partial charge on any atom is 0.231 e. The monoisotopic (exact) mass is 383 g/mol. The lowest BCUT2D eigenvalue weighted by atomic mass is 9.95. The van der Waals surface area contributed by atoms with Crippen molar-refractivity contribution in [3.05, 3.63) is 47.5 Å². The lowest BCUT2D eigenvalue weighted by molar-refractivity contribution is -0.122. The van der Waals surface area contributed by atoms with Gasteiger partial charge in [-0.25, -0.2) is 0 Å². The third kappa shape index (κ3) is 4.01. The highest BCUT2D eigenvalue weighted by molar-refractivity contribution is 5.76. The number of nitrogens with one attached hydrogen (secondary N) is 1. The summed E-state index contributed by atoms with van der Waals surface area (Å²) < 4.78 is 22.0. The largest absolute Gasteiger partial charge is 0.486 e. The van der Waals surface area contributed by atoms with Crippen molar-refractivity contribution in [2.45, 2.75) is 32.7 Å². The molecular weight excluding hydrogens is 358 g/mol. The van der Waals surface area contributed by atoms with Gasteiger partial charge in [0.05, 0.1) is 6.04 Å². The number of rotatable bonds is 6. The van der Waals surface area contributed by atoms with E-state index in [0.29, 0.717) is 26.1 Å². The number of hydrogen-bond donors (Lipinski definition) is 1. The Kier molecular flexibility index (Phi) is 5.28. The molecule has 1 atom stereocenters. The van der Waals surface area contributed by atoms with Crippen molar-refractivity contribution in [2.75, 3.05) is 20.0 Å². The molecular formula is C22H25NO5. The molecule has 28 heavy (non-hydrogen) atoms. The third-order valence-electron chi connectivity index (χ3n) is 4.99. The normalized spacial score (nSPS) is 15.4. The number of carbonyl (C=O) groups is 1. The topological polar surface area (TPSA) is 66.0 Å². The molecule has 2 aromatic rings. The van der Waals surface area contributed by atoms with Gasteiger partial charge >= 0.3 is 0 Å². The van der Waals surface area contributed by atoms with E-state index < -0.39 is 0 Å². The van der Waals surface area contributed by atoms with Crippen molar-refractivity contribution in [3.8, 4) is 23.0 Å². The van der Waals surface area contributed by atoms with Crippen LogP contribution in [0.15, 0.2) is 36.4 Å². The first kappa shape index (κ1) is 18.5. The molecule has 2 aliphatic heterocycles. The van der Waals surface area contributed by atoms with E-state index in [1.165, 1.54) is 0 Å². The van der Waals surface area contributed by atoms with E-state index >= 15 is 0 Å². The van der Waals surface area contributed by atoms with Gasteiger partial charge in [-0.2, -0.15) is 0 Å². The number of benzene rings is 2. The van der Waals surface area contributed by atoms with E-state index in [4.69, 9.17) is 18.9 Å². The van der Waals surface area contributed by atoms with Crippen LogP contribution in [0.3, 0.4) is 0 Å². The van der Waals surface area contributed by atoms with Gasteiger partial charge in [0.1, 0.15) is 13.2 Å². The van der Waals surface area contributed by atoms with Crippen LogP contribution in [0.1, 0.15) is 37.4 Å². The molecule has 0 saturated carbocycles. The summed E-state index contributed by atoms with van der Waals surface area (Å²) in [5.41, 5.74) is 2.08. The first-order chi connectivity index (χ1) is 13.6. The van der Waals surface area contributed by atoms with E-state index in [2.05, 4.69) is 19.2 Å². The maximum absolute atomic E-state index is 12.6. The fourth-order valence-corrected chi connectivity index (χ4v) is 3.49. The highest BCUT2D eigenvalue weighted by Gasteiger charge is 2.21. The first-order valence-corrected chi connectivity index (χ1v) is 9.67. The minimum absolute atomic E-state index is 0.0197. The fraction of sp³-hybridized carbons (Fsp3) is 0.409. The SMILES string of the molecule is CC(C)[C@H](NC(=O)CCc1ccc2c(c1)OCO2)c1ccc2c(c1)OCCO2. The van der Waals surface area contributed by atoms with Gasteiger partial charge in [-0.05, 0) is 47.7 Å². The van der Waals surface area contributed by atoms with Crippen LogP contribution in [0.5, 0.6) is 23.0 Å². The Hall–Kier alpha value is -2.89. The van der Waals surface area contributed by atoms with Crippen LogP contribution in [0.2, 0.25) is 0 Å². The molecule has 2 aliphatic rings. The van der Waals surface area contributed by atoms with Gasteiger partial charge in [0.25, 0.3) is 0 Å². The Morgan fingerprint density at radius 2 is 1.61 bits per heavy atom. The summed E-state index contributed by atoms with van der Waals surface area (Å²) in [7, 11) is 0. The Bertz CT molecular complexity index is 864. The molecule has 1 amide bonds. The molecule has 0 saturated heterocycles. The second-order valence-corrected chi connectivity index (χ2v) is 7.38. The number of fused-ring (bicyclic) bond motifs is 2. The van der Waals surface area contributed by atoms with Crippen molar-refractivity contribution in [1.82, 2.24) is 5.32 Å². The van der Waals surface area contributed by atoms with Crippen LogP contribution in [0, 0.1) is 5.92 Å². The van der Waals surface area contributed by atoms with Crippen molar-refractivity contribution >= 4 is 5.91 Å². The van der Waals surface area contributed by atoms with E-state index in [0.717, 1.165) is 34.1 Å². The molecule has 6 heteroatoms. The minimum atomic E-state index is -0.0833. The lowest BCUT2D eigenvalue weighted by Crippen LogP contribution is -2.32. The molecule has 148 valence electrons. The van der Waals surface area contributed by atoms with Crippen LogP contribution in [0.25, 0.3) is 0 Å². The number of ether oxygens (including phenoxy) is 4. The van der Waals surface area contributed by atoms with Crippen LogP contribution in [0.4, 0.5) is 0 Å². The molecule has 4 rings (SSSR count). The van der Waals surface area contributed by atoms with Crippen molar-refractivity contribution in [2.24, 2.45) is 5.92 Å². The molecule has 1 N–H and O–H groups in total. The summed E-state index contributed by atoms with van der Waals surface area (Å²) in [6.45, 7) is 5.56. The van der Waals surface area contributed by atoms with Crippen molar-refractivity contribution in [3.63, 3.8) is 0 Å². The van der Waals surface area contributed by atoms with Crippen LogP contribution in [-0.2, 0) is 11.2 Å². The minimum Gasteiger partial charge on any atom is -0.486 e. The van der Waals surface area contributed by atoms with Gasteiger partial charge in [-0.1, -0.05) is 26.0 Å². The molecule has 0 bridgehead atoms. The van der Waals surface area contributed by atoms with E-state index in [-0.39, 0.29) is 24.7 Å². The summed E-state index contributed by atoms with van der Waals surface area (Å²) in [5, 5.41) is 3.17. The zero-order chi connectivity index (χ0) is 19.5. The maximum atomic E-state index is 12.6. The highest BCUT2D eigenvalue weighted by Crippen LogP contribution is 2.35. The zero-order valence-corrected chi connectivity index (χ0v) is 16.2. The summed E-state index contributed by atoms with van der Waals surface area (Å²) in [5.74, 6) is 3.26. The molecule has 0 fully saturated rings. The van der Waals surface area contributed by atoms with Crippen molar-refractivity contribution in [1.29, 1.82) is 0 Å². The van der Waals surface area contributed by atoms with Gasteiger partial charge in [-0.15, -0.1) is 0 Å². The predicted molar refractivity (Wildman–Crippen MR) is 104 cm³/mol. The van der Waals surface area contributed by atoms with Crippen LogP contribution >= 0.6 is 0 Å². The number of hydrogen-bond acceptors (Lipinski definition) is 5. The molecule has 0 aromatic heterocycles. The van der Waals surface area contributed by atoms with Gasteiger partial charge in [-0.3, -0.25) is 4.79 Å². The predicted octanol–water partition coefficient (Wildman–Crippen LogP) is 3.63. The van der Waals surface area contributed by atoms with Crippen molar-refractivity contribution < 1.29 is 23.7 Å². The quantitative estimate of drug-likeness (QED) is 0.825. The number of carbonyl (C=O) groups excluding carboxylic acids is 1. The summed E-state index contributed by atoms with van der Waals surface area (Å²) in [4.78, 5) is 12.6. The summed E-state index contributed by atoms with van der Waals surface area (Å²) >= 11 is 0. The van der Waals surface area contributed by atoms with Gasteiger partial charge in [0.2, 0.25) is 12.7 Å². The van der Waals surface area contributed by atoms with E-state index in [9.17, 15) is 4.79 Å². The first-order valence-electron chi connectivity index (χ1n) is 9.67. The Labute approximate surface area is 164 Å². The van der Waals surface area contributed by atoms with Crippen LogP contribution in [-0.4, -0.2) is 25.9 Å². The Morgan fingerprint density at radius 1 is 0.929 bits per heavy atom. The third-order valence-corrected chi connectivity index (χ3v) is 4.99. The second-order valence-electron chi connectivity index (χ2n) is 7.38. The summed E-state index contributed by atoms with van der Waals surface area (Å²) in [6, 6.07) is 11.6. The standard InChI is InChI=1S/C22H25NO5/c1-14(2)22(16-5-7-17-20(12-16)26-10-9-25-17)23-21(24)8-4-15-3-6-18-19(11-15)28-13-27-18/h3,5-7,11-12,14,22H,4,8-10,13H2,1-2H3,(H,23,24)/t22-/m0/s1. The van der Waals surface area contributed by atoms with Crippen LogP contribution < -0.4 is 24.3 Å². The molecule has 6 nitrogen and oxygen atoms in total.